The molecule has 8 nitrogen and oxygen atoms in total. The van der Waals surface area contributed by atoms with Gasteiger partial charge in [0.05, 0.1) is 12.4 Å². The molecule has 1 heterocycles. The molecule has 0 saturated heterocycles. The highest BCUT2D eigenvalue weighted by Gasteiger charge is 2.18. The van der Waals surface area contributed by atoms with Crippen molar-refractivity contribution in [1.29, 1.82) is 0 Å². The van der Waals surface area contributed by atoms with Gasteiger partial charge < -0.3 is 15.8 Å². The van der Waals surface area contributed by atoms with Crippen molar-refractivity contribution < 1.29 is 14.3 Å². The summed E-state index contributed by atoms with van der Waals surface area (Å²) in [5.74, 6) is 0.255. The number of thioether (sulfide) groups is 1. The Kier molecular flexibility index (Phi) is 5.77. The van der Waals surface area contributed by atoms with Crippen LogP contribution in [-0.4, -0.2) is 34.5 Å². The topological polar surface area (TPSA) is 119 Å². The van der Waals surface area contributed by atoms with E-state index in [4.69, 9.17) is 10.5 Å². The zero-order chi connectivity index (χ0) is 16.8. The lowest BCUT2D eigenvalue weighted by Gasteiger charge is -2.06. The molecular formula is C13H15N5O3S2. The minimum absolute atomic E-state index is 0.472. The zero-order valence-electron chi connectivity index (χ0n) is 12.4. The SMILES string of the molecule is COc1cccc(Nc2nnc(S[C@@H](C)C(=O)NC(N)=O)s2)c1. The van der Waals surface area contributed by atoms with Crippen molar-refractivity contribution in [3.63, 3.8) is 0 Å². The molecule has 0 saturated carbocycles. The van der Waals surface area contributed by atoms with Crippen molar-refractivity contribution in [2.24, 2.45) is 5.73 Å². The second kappa shape index (κ2) is 7.79. The van der Waals surface area contributed by atoms with Crippen LogP contribution < -0.4 is 21.1 Å². The molecule has 1 aromatic heterocycles. The van der Waals surface area contributed by atoms with E-state index in [0.717, 1.165) is 11.4 Å². The van der Waals surface area contributed by atoms with Gasteiger partial charge in [-0.15, -0.1) is 10.2 Å². The van der Waals surface area contributed by atoms with Crippen LogP contribution in [0.2, 0.25) is 0 Å². The fourth-order valence-electron chi connectivity index (χ4n) is 1.56. The molecule has 3 amide bonds. The number of nitrogens with two attached hydrogens (primary N) is 1. The van der Waals surface area contributed by atoms with Crippen LogP contribution in [0.4, 0.5) is 15.6 Å². The standard InChI is InChI=1S/C13H15N5O3S2/c1-7(10(19)16-11(14)20)22-13-18-17-12(23-13)15-8-4-3-5-9(6-8)21-2/h3-7H,1-2H3,(H,15,17)(H3,14,16,19,20)/t7-/m0/s1. The summed E-state index contributed by atoms with van der Waals surface area (Å²) in [6.07, 6.45) is 0. The van der Waals surface area contributed by atoms with Gasteiger partial charge in [0.25, 0.3) is 0 Å². The number of nitrogens with zero attached hydrogens (tertiary/aromatic N) is 2. The molecule has 10 heteroatoms. The number of anilines is 2. The fraction of sp³-hybridized carbons (Fsp3) is 0.231. The molecule has 1 aromatic carbocycles. The number of aromatic nitrogens is 2. The first-order chi connectivity index (χ1) is 11.0. The maximum atomic E-state index is 11.6. The predicted molar refractivity (Wildman–Crippen MR) is 89.2 cm³/mol. The van der Waals surface area contributed by atoms with E-state index in [1.165, 1.54) is 23.1 Å². The minimum atomic E-state index is -0.875. The van der Waals surface area contributed by atoms with Gasteiger partial charge in [-0.2, -0.15) is 0 Å². The highest BCUT2D eigenvalue weighted by Crippen LogP contribution is 2.31. The normalized spacial score (nSPS) is 11.6. The number of methoxy groups -OCH3 is 1. The Morgan fingerprint density at radius 3 is 2.87 bits per heavy atom. The molecule has 0 bridgehead atoms. The van der Waals surface area contributed by atoms with E-state index in [1.807, 2.05) is 29.6 Å². The first-order valence-corrected chi connectivity index (χ1v) is 8.19. The van der Waals surface area contributed by atoms with E-state index in [0.29, 0.717) is 9.47 Å². The Bertz CT molecular complexity index is 706. The predicted octanol–water partition coefficient (Wildman–Crippen LogP) is 1.97. The molecular weight excluding hydrogens is 338 g/mol. The second-order valence-corrected chi connectivity index (χ2v) is 6.91. The molecule has 0 unspecified atom stereocenters. The van der Waals surface area contributed by atoms with Gasteiger partial charge in [-0.1, -0.05) is 29.2 Å². The van der Waals surface area contributed by atoms with Crippen molar-refractivity contribution in [1.82, 2.24) is 15.5 Å². The van der Waals surface area contributed by atoms with Crippen molar-refractivity contribution >= 4 is 45.9 Å². The van der Waals surface area contributed by atoms with Gasteiger partial charge in [0, 0.05) is 11.8 Å². The van der Waals surface area contributed by atoms with Crippen LogP contribution >= 0.6 is 23.1 Å². The van der Waals surface area contributed by atoms with E-state index in [2.05, 4.69) is 15.5 Å². The quantitative estimate of drug-likeness (QED) is 0.679. The molecule has 23 heavy (non-hydrogen) atoms. The minimum Gasteiger partial charge on any atom is -0.497 e. The first kappa shape index (κ1) is 17.0. The Balaban J connectivity index is 1.97. The molecule has 0 aliphatic heterocycles. The highest BCUT2D eigenvalue weighted by atomic mass is 32.2. The van der Waals surface area contributed by atoms with Gasteiger partial charge >= 0.3 is 6.03 Å². The number of hydrogen-bond acceptors (Lipinski definition) is 8. The third kappa shape index (κ3) is 5.11. The summed E-state index contributed by atoms with van der Waals surface area (Å²) in [5, 5.41) is 13.2. The number of hydrogen-bond donors (Lipinski definition) is 3. The number of ether oxygens (including phenoxy) is 1. The van der Waals surface area contributed by atoms with E-state index in [-0.39, 0.29) is 0 Å². The molecule has 2 aromatic rings. The monoisotopic (exact) mass is 353 g/mol. The molecule has 0 fully saturated rings. The number of urea groups is 1. The van der Waals surface area contributed by atoms with E-state index in [9.17, 15) is 9.59 Å². The number of amides is 3. The van der Waals surface area contributed by atoms with Crippen LogP contribution in [0.15, 0.2) is 28.6 Å². The molecule has 2 rings (SSSR count). The second-order valence-electron chi connectivity index (χ2n) is 4.34. The average Bonchev–Trinajstić information content (AvgIpc) is 2.93. The zero-order valence-corrected chi connectivity index (χ0v) is 14.0. The third-order valence-electron chi connectivity index (χ3n) is 2.62. The van der Waals surface area contributed by atoms with Crippen molar-refractivity contribution in [3.05, 3.63) is 24.3 Å². The van der Waals surface area contributed by atoms with Crippen LogP contribution in [0.3, 0.4) is 0 Å². The maximum absolute atomic E-state index is 11.6. The lowest BCUT2D eigenvalue weighted by atomic mass is 10.3. The van der Waals surface area contributed by atoms with E-state index < -0.39 is 17.2 Å². The molecule has 0 spiro atoms. The number of nitrogens with one attached hydrogen (secondary N) is 2. The Morgan fingerprint density at radius 2 is 2.17 bits per heavy atom. The fourth-order valence-corrected chi connectivity index (χ4v) is 3.48. The Hall–Kier alpha value is -2.33. The van der Waals surface area contributed by atoms with Gasteiger partial charge in [-0.05, 0) is 19.1 Å². The van der Waals surface area contributed by atoms with Crippen molar-refractivity contribution in [2.45, 2.75) is 16.5 Å². The Morgan fingerprint density at radius 1 is 1.39 bits per heavy atom. The van der Waals surface area contributed by atoms with Crippen LogP contribution in [0, 0.1) is 0 Å². The number of carbonyl (C=O) groups is 2. The molecule has 122 valence electrons. The van der Waals surface area contributed by atoms with Crippen molar-refractivity contribution in [2.75, 3.05) is 12.4 Å². The number of rotatable bonds is 6. The number of primary amides is 1. The summed E-state index contributed by atoms with van der Waals surface area (Å²) < 4.78 is 5.75. The van der Waals surface area contributed by atoms with Gasteiger partial charge in [-0.3, -0.25) is 10.1 Å². The summed E-state index contributed by atoms with van der Waals surface area (Å²) in [7, 11) is 1.59. The smallest absolute Gasteiger partial charge is 0.318 e. The largest absolute Gasteiger partial charge is 0.497 e. The summed E-state index contributed by atoms with van der Waals surface area (Å²) in [4.78, 5) is 22.3. The Labute approximate surface area is 140 Å². The van der Waals surface area contributed by atoms with Crippen LogP contribution in [0.25, 0.3) is 0 Å². The lowest BCUT2D eigenvalue weighted by Crippen LogP contribution is -2.39. The number of benzene rings is 1. The van der Waals surface area contributed by atoms with Crippen LogP contribution in [0.1, 0.15) is 6.92 Å². The van der Waals surface area contributed by atoms with Crippen molar-refractivity contribution in [3.8, 4) is 5.75 Å². The summed E-state index contributed by atoms with van der Waals surface area (Å²) in [6.45, 7) is 1.65. The number of imide groups is 1. The average molecular weight is 353 g/mol. The molecule has 1 atom stereocenters. The maximum Gasteiger partial charge on any atom is 0.318 e. The molecule has 0 radical (unpaired) electrons. The van der Waals surface area contributed by atoms with Gasteiger partial charge in [-0.25, -0.2) is 4.79 Å². The summed E-state index contributed by atoms with van der Waals surface area (Å²) in [6, 6.07) is 6.52. The molecule has 4 N–H and O–H groups in total. The number of carbonyl (C=O) groups excluding carboxylic acids is 2. The van der Waals surface area contributed by atoms with Gasteiger partial charge in [0.1, 0.15) is 5.75 Å². The van der Waals surface area contributed by atoms with Gasteiger partial charge in [0.15, 0.2) is 4.34 Å². The molecule has 0 aliphatic carbocycles. The first-order valence-electron chi connectivity index (χ1n) is 6.49. The van der Waals surface area contributed by atoms with E-state index >= 15 is 0 Å². The van der Waals surface area contributed by atoms with E-state index in [1.54, 1.807) is 14.0 Å². The molecule has 0 aliphatic rings. The summed E-state index contributed by atoms with van der Waals surface area (Å²) in [5.41, 5.74) is 5.73. The van der Waals surface area contributed by atoms with Crippen LogP contribution in [-0.2, 0) is 4.79 Å². The summed E-state index contributed by atoms with van der Waals surface area (Å²) >= 11 is 2.49. The van der Waals surface area contributed by atoms with Gasteiger partial charge in [0.2, 0.25) is 11.0 Å². The van der Waals surface area contributed by atoms with Crippen LogP contribution in [0.5, 0.6) is 5.75 Å². The highest BCUT2D eigenvalue weighted by molar-refractivity contribution is 8.02. The third-order valence-corrected chi connectivity index (χ3v) is 4.64. The lowest BCUT2D eigenvalue weighted by molar-refractivity contribution is -0.119.